The summed E-state index contributed by atoms with van der Waals surface area (Å²) in [5.41, 5.74) is 0.353. The molecule has 2 rings (SSSR count). The Morgan fingerprint density at radius 2 is 1.86 bits per heavy atom. The second kappa shape index (κ2) is 7.03. The summed E-state index contributed by atoms with van der Waals surface area (Å²) in [6.07, 6.45) is 0.224. The van der Waals surface area contributed by atoms with Gasteiger partial charge in [-0.05, 0) is 18.9 Å². The number of nitrogens with zero attached hydrogens (tertiary/aromatic N) is 1. The highest BCUT2D eigenvalue weighted by atomic mass is 19.4. The zero-order valence-corrected chi connectivity index (χ0v) is 12.5. The van der Waals surface area contributed by atoms with E-state index in [0.29, 0.717) is 5.56 Å². The van der Waals surface area contributed by atoms with Crippen molar-refractivity contribution in [3.8, 4) is 5.75 Å². The fraction of sp³-hybridized carbons (Fsp3) is 0.562. The van der Waals surface area contributed by atoms with Crippen LogP contribution < -0.4 is 4.74 Å². The van der Waals surface area contributed by atoms with Gasteiger partial charge in [-0.25, -0.2) is 0 Å². The first-order valence-corrected chi connectivity index (χ1v) is 7.45. The molecule has 0 spiro atoms. The molecule has 0 unspecified atom stereocenters. The molecular weight excluding hydrogens is 295 g/mol. The van der Waals surface area contributed by atoms with E-state index in [1.165, 1.54) is 17.0 Å². The van der Waals surface area contributed by atoms with Gasteiger partial charge in [-0.2, -0.15) is 0 Å². The Bertz CT molecular complexity index is 510. The third-order valence-corrected chi connectivity index (χ3v) is 3.94. The summed E-state index contributed by atoms with van der Waals surface area (Å²) >= 11 is 0. The number of carbonyl (C=O) groups is 1. The molecule has 22 heavy (non-hydrogen) atoms. The van der Waals surface area contributed by atoms with E-state index in [0.717, 1.165) is 32.1 Å². The number of amides is 1. The summed E-state index contributed by atoms with van der Waals surface area (Å²) in [7, 11) is 1.63. The van der Waals surface area contributed by atoms with Crippen LogP contribution in [0, 0.1) is 5.92 Å². The largest absolute Gasteiger partial charge is 0.573 e. The van der Waals surface area contributed by atoms with E-state index in [1.807, 2.05) is 0 Å². The van der Waals surface area contributed by atoms with Gasteiger partial charge in [0.15, 0.2) is 0 Å². The Labute approximate surface area is 128 Å². The zero-order chi connectivity index (χ0) is 16.2. The van der Waals surface area contributed by atoms with E-state index in [9.17, 15) is 18.0 Å². The van der Waals surface area contributed by atoms with Crippen LogP contribution in [0.5, 0.6) is 5.75 Å². The Hall–Kier alpha value is -1.72. The van der Waals surface area contributed by atoms with Crippen LogP contribution in [0.2, 0.25) is 0 Å². The number of hydrogen-bond donors (Lipinski definition) is 0. The quantitative estimate of drug-likeness (QED) is 0.836. The first-order valence-electron chi connectivity index (χ1n) is 7.45. The second-order valence-corrected chi connectivity index (χ2v) is 5.68. The minimum absolute atomic E-state index is 0.00140. The molecule has 3 nitrogen and oxygen atoms in total. The average Bonchev–Trinajstić information content (AvgIpc) is 2.48. The molecule has 6 heteroatoms. The number of halogens is 3. The normalized spacial score (nSPS) is 16.4. The molecule has 1 aromatic rings. The Balaban J connectivity index is 2.04. The van der Waals surface area contributed by atoms with Crippen molar-refractivity contribution in [2.45, 2.75) is 45.0 Å². The summed E-state index contributed by atoms with van der Waals surface area (Å²) < 4.78 is 41.2. The molecule has 122 valence electrons. The van der Waals surface area contributed by atoms with Crippen LogP contribution in [0.15, 0.2) is 24.3 Å². The van der Waals surface area contributed by atoms with E-state index >= 15 is 0 Å². The van der Waals surface area contributed by atoms with Crippen molar-refractivity contribution in [1.29, 1.82) is 0 Å². The standard InChI is InChI=1S/C16H20F3NO2/c1-20(15(21)12-7-3-2-4-8-12)11-13-9-5-6-10-14(13)22-16(17,18)19/h5-6,9-10,12H,2-4,7-8,11H2,1H3. The van der Waals surface area contributed by atoms with Crippen LogP contribution in [0.25, 0.3) is 0 Å². The molecule has 1 fully saturated rings. The van der Waals surface area contributed by atoms with E-state index in [1.54, 1.807) is 19.2 Å². The summed E-state index contributed by atoms with van der Waals surface area (Å²) in [5.74, 6) is -0.255. The molecule has 1 saturated carbocycles. The smallest absolute Gasteiger partial charge is 0.405 e. The fourth-order valence-electron chi connectivity index (χ4n) is 2.85. The van der Waals surface area contributed by atoms with Crippen LogP contribution in [-0.4, -0.2) is 24.2 Å². The van der Waals surface area contributed by atoms with Crippen molar-refractivity contribution in [1.82, 2.24) is 4.90 Å². The lowest BCUT2D eigenvalue weighted by atomic mass is 9.88. The van der Waals surface area contributed by atoms with E-state index in [4.69, 9.17) is 0 Å². The van der Waals surface area contributed by atoms with Crippen LogP contribution in [0.3, 0.4) is 0 Å². The second-order valence-electron chi connectivity index (χ2n) is 5.68. The first-order chi connectivity index (χ1) is 10.4. The van der Waals surface area contributed by atoms with Gasteiger partial charge in [-0.15, -0.1) is 13.2 Å². The number of alkyl halides is 3. The van der Waals surface area contributed by atoms with Crippen molar-refractivity contribution in [2.24, 2.45) is 5.92 Å². The molecule has 1 aromatic carbocycles. The number of para-hydroxylation sites is 1. The molecule has 0 aromatic heterocycles. The first kappa shape index (κ1) is 16.6. The topological polar surface area (TPSA) is 29.5 Å². The van der Waals surface area contributed by atoms with E-state index < -0.39 is 6.36 Å². The third kappa shape index (κ3) is 4.64. The number of ether oxygens (including phenoxy) is 1. The van der Waals surface area contributed by atoms with Crippen molar-refractivity contribution in [3.63, 3.8) is 0 Å². The maximum atomic E-state index is 12.4. The number of rotatable bonds is 4. The molecule has 1 amide bonds. The van der Waals surface area contributed by atoms with Crippen molar-refractivity contribution in [3.05, 3.63) is 29.8 Å². The molecule has 0 aliphatic heterocycles. The van der Waals surface area contributed by atoms with Crippen LogP contribution in [0.1, 0.15) is 37.7 Å². The lowest BCUT2D eigenvalue weighted by Crippen LogP contribution is -2.33. The monoisotopic (exact) mass is 315 g/mol. The summed E-state index contributed by atoms with van der Waals surface area (Å²) in [6.45, 7) is 0.113. The summed E-state index contributed by atoms with van der Waals surface area (Å²) in [6, 6.07) is 5.93. The van der Waals surface area contributed by atoms with Crippen LogP contribution >= 0.6 is 0 Å². The molecule has 0 heterocycles. The molecule has 0 bridgehead atoms. The van der Waals surface area contributed by atoms with Gasteiger partial charge in [-0.3, -0.25) is 4.79 Å². The molecule has 1 aliphatic carbocycles. The number of carbonyl (C=O) groups excluding carboxylic acids is 1. The van der Waals surface area contributed by atoms with E-state index in [-0.39, 0.29) is 24.1 Å². The van der Waals surface area contributed by atoms with Crippen LogP contribution in [0.4, 0.5) is 13.2 Å². The lowest BCUT2D eigenvalue weighted by Gasteiger charge is -2.27. The van der Waals surface area contributed by atoms with Gasteiger partial charge in [0.2, 0.25) is 5.91 Å². The van der Waals surface area contributed by atoms with E-state index in [2.05, 4.69) is 4.74 Å². The zero-order valence-electron chi connectivity index (χ0n) is 12.5. The minimum atomic E-state index is -4.73. The van der Waals surface area contributed by atoms with Gasteiger partial charge in [0.1, 0.15) is 5.75 Å². The molecular formula is C16H20F3NO2. The summed E-state index contributed by atoms with van der Waals surface area (Å²) in [5, 5.41) is 0. The molecule has 0 atom stereocenters. The number of benzene rings is 1. The van der Waals surface area contributed by atoms with Gasteiger partial charge < -0.3 is 9.64 Å². The summed E-state index contributed by atoms with van der Waals surface area (Å²) in [4.78, 5) is 13.9. The van der Waals surface area contributed by atoms with Gasteiger partial charge in [0.25, 0.3) is 0 Å². The van der Waals surface area contributed by atoms with Gasteiger partial charge >= 0.3 is 6.36 Å². The Kier molecular flexibility index (Phi) is 5.32. The van der Waals surface area contributed by atoms with Gasteiger partial charge in [0.05, 0.1) is 0 Å². The highest BCUT2D eigenvalue weighted by Gasteiger charge is 2.32. The van der Waals surface area contributed by atoms with Crippen molar-refractivity contribution >= 4 is 5.91 Å². The highest BCUT2D eigenvalue weighted by Crippen LogP contribution is 2.29. The minimum Gasteiger partial charge on any atom is -0.405 e. The molecule has 0 saturated heterocycles. The van der Waals surface area contributed by atoms with Crippen LogP contribution in [-0.2, 0) is 11.3 Å². The van der Waals surface area contributed by atoms with Gasteiger partial charge in [-0.1, -0.05) is 37.5 Å². The fourth-order valence-corrected chi connectivity index (χ4v) is 2.85. The molecule has 0 N–H and O–H groups in total. The Morgan fingerprint density at radius 3 is 2.50 bits per heavy atom. The maximum absolute atomic E-state index is 12.4. The maximum Gasteiger partial charge on any atom is 0.573 e. The van der Waals surface area contributed by atoms with Gasteiger partial charge in [0, 0.05) is 25.1 Å². The predicted molar refractivity (Wildman–Crippen MR) is 76.2 cm³/mol. The predicted octanol–water partition coefficient (Wildman–Crippen LogP) is 4.12. The number of hydrogen-bond acceptors (Lipinski definition) is 2. The molecule has 0 radical (unpaired) electrons. The average molecular weight is 315 g/mol. The lowest BCUT2D eigenvalue weighted by molar-refractivity contribution is -0.275. The van der Waals surface area contributed by atoms with Crippen molar-refractivity contribution < 1.29 is 22.7 Å². The SMILES string of the molecule is CN(Cc1ccccc1OC(F)(F)F)C(=O)C1CCCCC1. The third-order valence-electron chi connectivity index (χ3n) is 3.94. The van der Waals surface area contributed by atoms with Crippen molar-refractivity contribution in [2.75, 3.05) is 7.05 Å². The highest BCUT2D eigenvalue weighted by molar-refractivity contribution is 5.78. The Morgan fingerprint density at radius 1 is 1.23 bits per heavy atom. The molecule has 1 aliphatic rings.